The Hall–Kier alpha value is 0.230. The lowest BCUT2D eigenvalue weighted by atomic mass is 9.59. The summed E-state index contributed by atoms with van der Waals surface area (Å²) in [5.41, 5.74) is 0. The largest absolute Gasteiger partial charge is 0.374 e. The zero-order valence-corrected chi connectivity index (χ0v) is 40.5. The summed E-state index contributed by atoms with van der Waals surface area (Å²) < 4.78 is 14.2. The molecule has 13 fully saturated rings. The molecule has 0 bridgehead atoms. The molecule has 0 aromatic heterocycles. The zero-order chi connectivity index (χ0) is 40.7. The molecule has 62 heavy (non-hydrogen) atoms. The third kappa shape index (κ3) is 7.74. The van der Waals surface area contributed by atoms with Crippen LogP contribution in [0.5, 0.6) is 0 Å². The van der Waals surface area contributed by atoms with Gasteiger partial charge in [-0.3, -0.25) is 4.90 Å². The zero-order valence-electron chi connectivity index (χ0n) is 39.7. The molecule has 0 aromatic carbocycles. The van der Waals surface area contributed by atoms with E-state index in [-0.39, 0.29) is 0 Å². The van der Waals surface area contributed by atoms with Crippen molar-refractivity contribution in [3.63, 3.8) is 0 Å². The quantitative estimate of drug-likeness (QED) is 0.265. The van der Waals surface area contributed by atoms with E-state index in [1.54, 1.807) is 89.9 Å². The van der Waals surface area contributed by atoms with Gasteiger partial charge in [-0.15, -0.1) is 0 Å². The van der Waals surface area contributed by atoms with E-state index >= 15 is 0 Å². The molecule has 4 heteroatoms. The fourth-order valence-electron chi connectivity index (χ4n) is 21.3. The molecule has 13 aliphatic rings. The van der Waals surface area contributed by atoms with Gasteiger partial charge in [-0.1, -0.05) is 83.5 Å². The van der Waals surface area contributed by atoms with Crippen molar-refractivity contribution in [1.82, 2.24) is 4.90 Å². The molecule has 3 nitrogen and oxygen atoms in total. The van der Waals surface area contributed by atoms with E-state index in [1.807, 2.05) is 0 Å². The van der Waals surface area contributed by atoms with Crippen molar-refractivity contribution >= 4 is 11.8 Å². The number of nitrogens with zero attached hydrogens (tertiary/aromatic N) is 1. The first-order chi connectivity index (χ1) is 30.7. The molecule has 18 atom stereocenters. The van der Waals surface area contributed by atoms with Gasteiger partial charge in [-0.05, 0) is 218 Å². The van der Waals surface area contributed by atoms with E-state index in [9.17, 15) is 0 Å². The highest BCUT2D eigenvalue weighted by atomic mass is 32.2. The Labute approximate surface area is 385 Å². The molecule has 13 rings (SSSR count). The maximum absolute atomic E-state index is 7.25. The van der Waals surface area contributed by atoms with Crippen molar-refractivity contribution in [3.8, 4) is 0 Å². The van der Waals surface area contributed by atoms with Crippen LogP contribution in [0.25, 0.3) is 0 Å². The van der Waals surface area contributed by atoms with Crippen molar-refractivity contribution in [2.24, 2.45) is 82.9 Å². The second-order valence-corrected chi connectivity index (χ2v) is 27.5. The van der Waals surface area contributed by atoms with Gasteiger partial charge in [0.25, 0.3) is 0 Å². The van der Waals surface area contributed by atoms with Crippen LogP contribution in [-0.2, 0) is 9.47 Å². The summed E-state index contributed by atoms with van der Waals surface area (Å²) >= 11 is 2.60. The highest BCUT2D eigenvalue weighted by molar-refractivity contribution is 8.00. The maximum Gasteiger partial charge on any atom is 0.0621 e. The third-order valence-electron chi connectivity index (χ3n) is 23.9. The van der Waals surface area contributed by atoms with Crippen molar-refractivity contribution in [3.05, 3.63) is 0 Å². The first kappa shape index (κ1) is 42.3. The van der Waals surface area contributed by atoms with E-state index in [2.05, 4.69) is 16.7 Å². The molecule has 0 aromatic rings. The minimum absolute atomic E-state index is 0.583. The average molecular weight is 868 g/mol. The molecule has 3 aliphatic heterocycles. The third-order valence-corrected chi connectivity index (χ3v) is 25.9. The normalized spacial score (nSPS) is 54.3. The number of hydrogen-bond donors (Lipinski definition) is 0. The SMILES string of the molecule is C1CCC(C2CCC(N(C3CCC(C4CCCC5CCCCC54)CC3)C3CCC4OC5CCC(C6CCCC7C8CCC9OC%10CCCCC%10C9C8SC67)CC5C4C3)CC2)CC1. The monoisotopic (exact) mass is 868 g/mol. The van der Waals surface area contributed by atoms with Crippen LogP contribution >= 0.6 is 11.8 Å². The predicted octanol–water partition coefficient (Wildman–Crippen LogP) is 14.8. The Morgan fingerprint density at radius 3 is 1.58 bits per heavy atom. The number of fused-ring (bicyclic) bond motifs is 11. The molecule has 10 aliphatic carbocycles. The summed E-state index contributed by atoms with van der Waals surface area (Å²) in [5, 5.41) is 1.89. The second kappa shape index (κ2) is 18.3. The molecular weight excluding hydrogens is 775 g/mol. The average Bonchev–Trinajstić information content (AvgIpc) is 4.03. The minimum Gasteiger partial charge on any atom is -0.374 e. The summed E-state index contributed by atoms with van der Waals surface area (Å²) in [6.07, 6.45) is 55.4. The van der Waals surface area contributed by atoms with Gasteiger partial charge in [0.15, 0.2) is 0 Å². The molecule has 0 spiro atoms. The predicted molar refractivity (Wildman–Crippen MR) is 256 cm³/mol. The Bertz CT molecular complexity index is 1500. The van der Waals surface area contributed by atoms with Crippen LogP contribution in [-0.4, -0.2) is 57.9 Å². The Morgan fingerprint density at radius 1 is 0.274 bits per heavy atom. The molecule has 348 valence electrons. The lowest BCUT2D eigenvalue weighted by Gasteiger charge is -2.52. The number of rotatable bonds is 6. The Morgan fingerprint density at radius 2 is 0.758 bits per heavy atom. The van der Waals surface area contributed by atoms with Gasteiger partial charge in [-0.25, -0.2) is 0 Å². The van der Waals surface area contributed by atoms with Gasteiger partial charge in [-0.2, -0.15) is 11.8 Å². The fraction of sp³-hybridized carbons (Fsp3) is 1.00. The van der Waals surface area contributed by atoms with Crippen LogP contribution in [0.4, 0.5) is 0 Å². The van der Waals surface area contributed by atoms with Crippen LogP contribution in [0.2, 0.25) is 0 Å². The van der Waals surface area contributed by atoms with E-state index < -0.39 is 0 Å². The minimum atomic E-state index is 0.583. The number of thioether (sulfide) groups is 1. The molecule has 0 radical (unpaired) electrons. The van der Waals surface area contributed by atoms with Gasteiger partial charge >= 0.3 is 0 Å². The smallest absolute Gasteiger partial charge is 0.0621 e. The van der Waals surface area contributed by atoms with Crippen LogP contribution in [0.15, 0.2) is 0 Å². The lowest BCUT2D eigenvalue weighted by Crippen LogP contribution is -2.55. The molecule has 3 saturated heterocycles. The molecular formula is C58H93NO2S. The van der Waals surface area contributed by atoms with Crippen LogP contribution in [0.1, 0.15) is 225 Å². The van der Waals surface area contributed by atoms with Gasteiger partial charge < -0.3 is 9.47 Å². The highest BCUT2D eigenvalue weighted by Crippen LogP contribution is 2.64. The Kier molecular flexibility index (Phi) is 12.5. The lowest BCUT2D eigenvalue weighted by molar-refractivity contribution is -0.0413. The molecule has 3 heterocycles. The van der Waals surface area contributed by atoms with Crippen molar-refractivity contribution < 1.29 is 9.47 Å². The van der Waals surface area contributed by atoms with E-state index in [0.29, 0.717) is 24.4 Å². The first-order valence-electron chi connectivity index (χ1n) is 29.5. The van der Waals surface area contributed by atoms with E-state index in [0.717, 1.165) is 111 Å². The van der Waals surface area contributed by atoms with Gasteiger partial charge in [0.05, 0.1) is 24.4 Å². The van der Waals surface area contributed by atoms with Crippen molar-refractivity contribution in [2.45, 2.75) is 278 Å². The van der Waals surface area contributed by atoms with Gasteiger partial charge in [0.2, 0.25) is 0 Å². The molecule has 0 N–H and O–H groups in total. The van der Waals surface area contributed by atoms with Crippen molar-refractivity contribution in [1.29, 1.82) is 0 Å². The molecule has 18 unspecified atom stereocenters. The summed E-state index contributed by atoms with van der Waals surface area (Å²) in [6, 6.07) is 2.60. The van der Waals surface area contributed by atoms with Crippen LogP contribution in [0, 0.1) is 82.9 Å². The van der Waals surface area contributed by atoms with Gasteiger partial charge in [0.1, 0.15) is 0 Å². The summed E-state index contributed by atoms with van der Waals surface area (Å²) in [7, 11) is 0. The summed E-state index contributed by atoms with van der Waals surface area (Å²) in [5.74, 6) is 14.0. The number of ether oxygens (including phenoxy) is 2. The molecule has 10 saturated carbocycles. The Balaban J connectivity index is 0.702. The van der Waals surface area contributed by atoms with E-state index in [1.165, 1.54) is 135 Å². The standard InChI is InChI=1S/C58H93NO2S/c1-2-10-36(11-3-1)37-20-25-41(26-21-37)59(42-27-22-39(23-28-42)45-16-8-13-38-12-4-5-14-44(38)45)43-29-32-54-51(35-43)50-34-40(24-31-53(50)60-54)46-17-9-18-47-48-30-33-55-56(58(48)62-57(46)47)49-15-6-7-19-52(49)61-55/h36-58H,1-35H2. The van der Waals surface area contributed by atoms with Gasteiger partial charge in [0, 0.05) is 34.5 Å². The topological polar surface area (TPSA) is 21.7 Å². The van der Waals surface area contributed by atoms with Crippen molar-refractivity contribution in [2.75, 3.05) is 0 Å². The van der Waals surface area contributed by atoms with Crippen LogP contribution in [0.3, 0.4) is 0 Å². The summed E-state index contributed by atoms with van der Waals surface area (Å²) in [4.78, 5) is 3.39. The number of hydrogen-bond acceptors (Lipinski definition) is 4. The van der Waals surface area contributed by atoms with E-state index in [4.69, 9.17) is 9.47 Å². The highest BCUT2D eigenvalue weighted by Gasteiger charge is 2.61. The van der Waals surface area contributed by atoms with Crippen LogP contribution < -0.4 is 0 Å². The molecule has 0 amide bonds. The fourth-order valence-corrected chi connectivity index (χ4v) is 23.9. The summed E-state index contributed by atoms with van der Waals surface area (Å²) in [6.45, 7) is 0. The second-order valence-electron chi connectivity index (χ2n) is 26.2. The maximum atomic E-state index is 7.25. The first-order valence-corrected chi connectivity index (χ1v) is 30.4.